The third-order valence-corrected chi connectivity index (χ3v) is 2.99. The topological polar surface area (TPSA) is 57.2 Å². The molecule has 16 heavy (non-hydrogen) atoms. The Morgan fingerprint density at radius 3 is 2.88 bits per heavy atom. The van der Waals surface area contributed by atoms with Gasteiger partial charge in [-0.15, -0.1) is 0 Å². The molecule has 0 saturated heterocycles. The van der Waals surface area contributed by atoms with Gasteiger partial charge >= 0.3 is 0 Å². The minimum atomic E-state index is -0.0239. The lowest BCUT2D eigenvalue weighted by Crippen LogP contribution is -2.22. The molecule has 1 heterocycles. The third-order valence-electron chi connectivity index (χ3n) is 2.99. The summed E-state index contributed by atoms with van der Waals surface area (Å²) in [6.45, 7) is 1.17. The number of rotatable bonds is 4. The average molecular weight is 222 g/mol. The number of nitrogen functional groups attached to an aromatic ring is 1. The maximum atomic E-state index is 11.5. The predicted molar refractivity (Wildman–Crippen MR) is 63.3 cm³/mol. The molecule has 1 aromatic heterocycles. The van der Waals surface area contributed by atoms with Crippen LogP contribution in [0.25, 0.3) is 0 Å². The van der Waals surface area contributed by atoms with E-state index < -0.39 is 0 Å². The van der Waals surface area contributed by atoms with Crippen molar-refractivity contribution < 1.29 is 4.74 Å². The standard InChI is InChI=1S/C12H18N2O2/c13-10-5-6-12(15)14(9-10)7-8-16-11-3-1-2-4-11/h5-6,9,11H,1-4,7-8,13H2. The molecule has 0 unspecified atom stereocenters. The summed E-state index contributed by atoms with van der Waals surface area (Å²) in [6.07, 6.45) is 6.92. The van der Waals surface area contributed by atoms with Crippen molar-refractivity contribution in [3.8, 4) is 0 Å². The van der Waals surface area contributed by atoms with Crippen molar-refractivity contribution in [2.45, 2.75) is 38.3 Å². The Balaban J connectivity index is 1.84. The first-order chi connectivity index (χ1) is 7.75. The number of ether oxygens (including phenoxy) is 1. The Labute approximate surface area is 95.0 Å². The second-order valence-electron chi connectivity index (χ2n) is 4.27. The lowest BCUT2D eigenvalue weighted by molar-refractivity contribution is 0.0526. The second-order valence-corrected chi connectivity index (χ2v) is 4.27. The molecule has 4 nitrogen and oxygen atoms in total. The van der Waals surface area contributed by atoms with Gasteiger partial charge in [-0.1, -0.05) is 12.8 Å². The molecule has 88 valence electrons. The van der Waals surface area contributed by atoms with E-state index in [4.69, 9.17) is 10.5 Å². The van der Waals surface area contributed by atoms with E-state index in [0.29, 0.717) is 24.9 Å². The van der Waals surface area contributed by atoms with Crippen molar-refractivity contribution in [1.29, 1.82) is 0 Å². The van der Waals surface area contributed by atoms with Gasteiger partial charge in [-0.3, -0.25) is 4.79 Å². The van der Waals surface area contributed by atoms with Crippen LogP contribution in [0, 0.1) is 0 Å². The molecule has 2 rings (SSSR count). The van der Waals surface area contributed by atoms with E-state index in [2.05, 4.69) is 0 Å². The summed E-state index contributed by atoms with van der Waals surface area (Å²) < 4.78 is 7.30. The van der Waals surface area contributed by atoms with Crippen LogP contribution in [0.15, 0.2) is 23.1 Å². The molecule has 1 fully saturated rings. The smallest absolute Gasteiger partial charge is 0.250 e. The van der Waals surface area contributed by atoms with E-state index in [1.165, 1.54) is 18.9 Å². The summed E-state index contributed by atoms with van der Waals surface area (Å²) in [5.41, 5.74) is 6.21. The molecule has 0 aliphatic heterocycles. The second kappa shape index (κ2) is 5.16. The van der Waals surface area contributed by atoms with E-state index in [0.717, 1.165) is 12.8 Å². The Bertz CT molecular complexity index is 394. The molecule has 4 heteroatoms. The molecule has 2 N–H and O–H groups in total. The molecule has 1 aliphatic rings. The van der Waals surface area contributed by atoms with Gasteiger partial charge in [0.2, 0.25) is 0 Å². The molecule has 1 saturated carbocycles. The summed E-state index contributed by atoms with van der Waals surface area (Å²) in [5.74, 6) is 0. The largest absolute Gasteiger partial charge is 0.398 e. The van der Waals surface area contributed by atoms with E-state index in [9.17, 15) is 4.79 Å². The minimum Gasteiger partial charge on any atom is -0.398 e. The van der Waals surface area contributed by atoms with Gasteiger partial charge in [0.1, 0.15) is 0 Å². The number of nitrogens with zero attached hydrogens (tertiary/aromatic N) is 1. The van der Waals surface area contributed by atoms with Gasteiger partial charge in [-0.05, 0) is 18.9 Å². The van der Waals surface area contributed by atoms with Crippen LogP contribution in [0.3, 0.4) is 0 Å². The van der Waals surface area contributed by atoms with Crippen LogP contribution in [0.4, 0.5) is 5.69 Å². The van der Waals surface area contributed by atoms with Crippen molar-refractivity contribution in [1.82, 2.24) is 4.57 Å². The average Bonchev–Trinajstić information content (AvgIpc) is 2.76. The van der Waals surface area contributed by atoms with Gasteiger partial charge in [0.15, 0.2) is 0 Å². The van der Waals surface area contributed by atoms with Crippen molar-refractivity contribution >= 4 is 5.69 Å². The molecule has 0 radical (unpaired) electrons. The summed E-state index contributed by atoms with van der Waals surface area (Å²) >= 11 is 0. The molecular weight excluding hydrogens is 204 g/mol. The Kier molecular flexibility index (Phi) is 3.62. The maximum absolute atomic E-state index is 11.5. The minimum absolute atomic E-state index is 0.0239. The first-order valence-electron chi connectivity index (χ1n) is 5.83. The maximum Gasteiger partial charge on any atom is 0.250 e. The van der Waals surface area contributed by atoms with Crippen molar-refractivity contribution in [3.63, 3.8) is 0 Å². The van der Waals surface area contributed by atoms with Crippen LogP contribution < -0.4 is 11.3 Å². The van der Waals surface area contributed by atoms with Crippen LogP contribution in [0.2, 0.25) is 0 Å². The zero-order valence-electron chi connectivity index (χ0n) is 9.39. The van der Waals surface area contributed by atoms with Crippen molar-refractivity contribution in [2.24, 2.45) is 0 Å². The summed E-state index contributed by atoms with van der Waals surface area (Å²) in [7, 11) is 0. The van der Waals surface area contributed by atoms with Gasteiger partial charge in [-0.2, -0.15) is 0 Å². The van der Waals surface area contributed by atoms with Gasteiger partial charge in [-0.25, -0.2) is 0 Å². The highest BCUT2D eigenvalue weighted by atomic mass is 16.5. The molecule has 1 aliphatic carbocycles. The number of pyridine rings is 1. The van der Waals surface area contributed by atoms with Gasteiger partial charge < -0.3 is 15.0 Å². The zero-order valence-corrected chi connectivity index (χ0v) is 9.39. The van der Waals surface area contributed by atoms with Gasteiger partial charge in [0, 0.05) is 24.5 Å². The summed E-state index contributed by atoms with van der Waals surface area (Å²) in [4.78, 5) is 11.5. The fraction of sp³-hybridized carbons (Fsp3) is 0.583. The van der Waals surface area contributed by atoms with Gasteiger partial charge in [0.25, 0.3) is 5.56 Å². The van der Waals surface area contributed by atoms with Crippen molar-refractivity contribution in [3.05, 3.63) is 28.7 Å². The Morgan fingerprint density at radius 2 is 2.12 bits per heavy atom. The molecule has 0 spiro atoms. The van der Waals surface area contributed by atoms with Crippen LogP contribution in [0.1, 0.15) is 25.7 Å². The van der Waals surface area contributed by atoms with E-state index in [-0.39, 0.29) is 5.56 Å². The van der Waals surface area contributed by atoms with Crippen LogP contribution in [-0.2, 0) is 11.3 Å². The van der Waals surface area contributed by atoms with Crippen LogP contribution in [0.5, 0.6) is 0 Å². The normalized spacial score (nSPS) is 16.8. The third kappa shape index (κ3) is 2.85. The molecule has 0 bridgehead atoms. The molecular formula is C12H18N2O2. The quantitative estimate of drug-likeness (QED) is 0.837. The highest BCUT2D eigenvalue weighted by molar-refractivity contribution is 5.33. The van der Waals surface area contributed by atoms with Crippen molar-refractivity contribution in [2.75, 3.05) is 12.3 Å². The highest BCUT2D eigenvalue weighted by Crippen LogP contribution is 2.20. The molecule has 0 atom stereocenters. The lowest BCUT2D eigenvalue weighted by atomic mass is 10.3. The van der Waals surface area contributed by atoms with Crippen LogP contribution in [-0.4, -0.2) is 17.3 Å². The number of hydrogen-bond acceptors (Lipinski definition) is 3. The van der Waals surface area contributed by atoms with E-state index >= 15 is 0 Å². The predicted octanol–water partition coefficient (Wildman–Crippen LogP) is 1.39. The fourth-order valence-electron chi connectivity index (χ4n) is 2.10. The first kappa shape index (κ1) is 11.2. The van der Waals surface area contributed by atoms with Gasteiger partial charge in [0.05, 0.1) is 12.7 Å². The number of hydrogen-bond donors (Lipinski definition) is 1. The lowest BCUT2D eigenvalue weighted by Gasteiger charge is -2.12. The zero-order chi connectivity index (χ0) is 11.4. The monoisotopic (exact) mass is 222 g/mol. The molecule has 1 aromatic rings. The molecule has 0 amide bonds. The fourth-order valence-corrected chi connectivity index (χ4v) is 2.10. The Morgan fingerprint density at radius 1 is 1.38 bits per heavy atom. The molecule has 0 aromatic carbocycles. The number of aromatic nitrogens is 1. The number of anilines is 1. The SMILES string of the molecule is Nc1ccc(=O)n(CCOC2CCCC2)c1. The van der Waals surface area contributed by atoms with E-state index in [1.54, 1.807) is 16.8 Å². The first-order valence-corrected chi connectivity index (χ1v) is 5.83. The Hall–Kier alpha value is -1.29. The van der Waals surface area contributed by atoms with Crippen LogP contribution >= 0.6 is 0 Å². The highest BCUT2D eigenvalue weighted by Gasteiger charge is 2.14. The summed E-state index contributed by atoms with van der Waals surface area (Å²) in [6, 6.07) is 3.11. The van der Waals surface area contributed by atoms with E-state index in [1.807, 2.05) is 0 Å². The summed E-state index contributed by atoms with van der Waals surface area (Å²) in [5, 5.41) is 0. The number of nitrogens with two attached hydrogens (primary N) is 1.